The fourth-order valence-corrected chi connectivity index (χ4v) is 4.15. The van der Waals surface area contributed by atoms with Crippen LogP contribution in [0.4, 0.5) is 0 Å². The van der Waals surface area contributed by atoms with E-state index in [1.54, 1.807) is 0 Å². The minimum absolute atomic E-state index is 0.593. The van der Waals surface area contributed by atoms with Crippen LogP contribution in [-0.2, 0) is 0 Å². The van der Waals surface area contributed by atoms with E-state index in [1.165, 1.54) is 57.9 Å². The van der Waals surface area contributed by atoms with E-state index >= 15 is 0 Å². The molecule has 2 aliphatic rings. The Morgan fingerprint density at radius 1 is 1.05 bits per heavy atom. The van der Waals surface area contributed by atoms with Crippen LogP contribution in [0.1, 0.15) is 65.2 Å². The van der Waals surface area contributed by atoms with E-state index in [-0.39, 0.29) is 0 Å². The summed E-state index contributed by atoms with van der Waals surface area (Å²) in [5.74, 6) is 0.874. The maximum Gasteiger partial charge on any atom is 0.0104 e. The highest BCUT2D eigenvalue weighted by atomic mass is 15.1. The summed E-state index contributed by atoms with van der Waals surface area (Å²) in [5.41, 5.74) is 0.593. The van der Waals surface area contributed by atoms with Crippen molar-refractivity contribution in [1.82, 2.24) is 10.2 Å². The standard InChI is InChI=1S/C17H34N2/c1-17(2)11-9-15(10-12-17)19(4)13-14-7-5-6-8-16(14)18-3/h14-16,18H,5-13H2,1-4H3. The SMILES string of the molecule is CNC1CCCCC1CN(C)C1CCC(C)(C)CC1. The Labute approximate surface area is 120 Å². The molecule has 112 valence electrons. The van der Waals surface area contributed by atoms with E-state index in [4.69, 9.17) is 0 Å². The van der Waals surface area contributed by atoms with Gasteiger partial charge in [0.05, 0.1) is 0 Å². The average molecular weight is 266 g/mol. The normalized spacial score (nSPS) is 32.7. The second kappa shape index (κ2) is 6.58. The van der Waals surface area contributed by atoms with Crippen molar-refractivity contribution in [2.24, 2.45) is 11.3 Å². The zero-order valence-corrected chi connectivity index (χ0v) is 13.5. The van der Waals surface area contributed by atoms with Gasteiger partial charge in [-0.15, -0.1) is 0 Å². The Balaban J connectivity index is 1.81. The number of rotatable bonds is 4. The second-order valence-electron chi connectivity index (χ2n) is 7.77. The lowest BCUT2D eigenvalue weighted by molar-refractivity contribution is 0.0987. The van der Waals surface area contributed by atoms with E-state index in [0.717, 1.165) is 18.0 Å². The maximum atomic E-state index is 3.55. The summed E-state index contributed by atoms with van der Waals surface area (Å²) in [4.78, 5) is 2.68. The van der Waals surface area contributed by atoms with Crippen molar-refractivity contribution in [2.75, 3.05) is 20.6 Å². The summed E-state index contributed by atoms with van der Waals surface area (Å²) < 4.78 is 0. The summed E-state index contributed by atoms with van der Waals surface area (Å²) in [7, 11) is 4.51. The predicted molar refractivity (Wildman–Crippen MR) is 83.5 cm³/mol. The molecular weight excluding hydrogens is 232 g/mol. The molecular formula is C17H34N2. The highest BCUT2D eigenvalue weighted by molar-refractivity contribution is 4.86. The topological polar surface area (TPSA) is 15.3 Å². The lowest BCUT2D eigenvalue weighted by Gasteiger charge is -2.41. The number of nitrogens with one attached hydrogen (secondary N) is 1. The molecule has 2 aliphatic carbocycles. The molecule has 2 fully saturated rings. The van der Waals surface area contributed by atoms with Gasteiger partial charge in [0.15, 0.2) is 0 Å². The molecule has 2 unspecified atom stereocenters. The van der Waals surface area contributed by atoms with Gasteiger partial charge in [-0.05, 0) is 64.0 Å². The van der Waals surface area contributed by atoms with Crippen LogP contribution >= 0.6 is 0 Å². The van der Waals surface area contributed by atoms with Gasteiger partial charge in [0, 0.05) is 18.6 Å². The molecule has 19 heavy (non-hydrogen) atoms. The Morgan fingerprint density at radius 2 is 1.68 bits per heavy atom. The molecule has 0 spiro atoms. The van der Waals surface area contributed by atoms with Gasteiger partial charge in [-0.25, -0.2) is 0 Å². The number of hydrogen-bond acceptors (Lipinski definition) is 2. The smallest absolute Gasteiger partial charge is 0.0104 e. The van der Waals surface area contributed by atoms with Crippen LogP contribution in [-0.4, -0.2) is 37.6 Å². The molecule has 0 bridgehead atoms. The molecule has 0 radical (unpaired) electrons. The third-order valence-corrected chi connectivity index (χ3v) is 5.73. The monoisotopic (exact) mass is 266 g/mol. The molecule has 0 aromatic rings. The first-order chi connectivity index (χ1) is 9.02. The van der Waals surface area contributed by atoms with Crippen LogP contribution in [0, 0.1) is 11.3 Å². The van der Waals surface area contributed by atoms with Crippen LogP contribution < -0.4 is 5.32 Å². The van der Waals surface area contributed by atoms with Gasteiger partial charge < -0.3 is 10.2 Å². The molecule has 0 aromatic heterocycles. The van der Waals surface area contributed by atoms with Crippen molar-refractivity contribution < 1.29 is 0 Å². The first-order valence-corrected chi connectivity index (χ1v) is 8.39. The summed E-state index contributed by atoms with van der Waals surface area (Å²) in [6, 6.07) is 1.60. The molecule has 2 rings (SSSR count). The number of hydrogen-bond donors (Lipinski definition) is 1. The van der Waals surface area contributed by atoms with E-state index in [9.17, 15) is 0 Å². The van der Waals surface area contributed by atoms with Crippen molar-refractivity contribution in [3.05, 3.63) is 0 Å². The first kappa shape index (κ1) is 15.3. The molecule has 0 amide bonds. The molecule has 2 saturated carbocycles. The van der Waals surface area contributed by atoms with Crippen LogP contribution in [0.5, 0.6) is 0 Å². The summed E-state index contributed by atoms with van der Waals surface area (Å²) in [6.07, 6.45) is 11.3. The predicted octanol–water partition coefficient (Wildman–Crippen LogP) is 3.67. The second-order valence-corrected chi connectivity index (χ2v) is 7.77. The maximum absolute atomic E-state index is 3.55. The van der Waals surface area contributed by atoms with Crippen molar-refractivity contribution in [2.45, 2.75) is 77.3 Å². The van der Waals surface area contributed by atoms with Crippen LogP contribution in [0.25, 0.3) is 0 Å². The molecule has 0 saturated heterocycles. The van der Waals surface area contributed by atoms with Gasteiger partial charge in [-0.3, -0.25) is 0 Å². The minimum Gasteiger partial charge on any atom is -0.317 e. The van der Waals surface area contributed by atoms with E-state index < -0.39 is 0 Å². The summed E-state index contributed by atoms with van der Waals surface area (Å²) >= 11 is 0. The zero-order chi connectivity index (χ0) is 13.9. The summed E-state index contributed by atoms with van der Waals surface area (Å²) in [6.45, 7) is 6.17. The lowest BCUT2D eigenvalue weighted by Crippen LogP contribution is -2.45. The quantitative estimate of drug-likeness (QED) is 0.835. The van der Waals surface area contributed by atoms with Crippen molar-refractivity contribution >= 4 is 0 Å². The molecule has 2 heteroatoms. The number of nitrogens with zero attached hydrogens (tertiary/aromatic N) is 1. The molecule has 2 nitrogen and oxygen atoms in total. The lowest BCUT2D eigenvalue weighted by atomic mass is 9.75. The highest BCUT2D eigenvalue weighted by Gasteiger charge is 2.31. The molecule has 0 aliphatic heterocycles. The fourth-order valence-electron chi connectivity index (χ4n) is 4.15. The van der Waals surface area contributed by atoms with E-state index in [1.807, 2.05) is 0 Å². The third kappa shape index (κ3) is 4.19. The van der Waals surface area contributed by atoms with E-state index in [0.29, 0.717) is 5.41 Å². The average Bonchev–Trinajstić information content (AvgIpc) is 2.39. The van der Waals surface area contributed by atoms with Crippen molar-refractivity contribution in [1.29, 1.82) is 0 Å². The van der Waals surface area contributed by atoms with Gasteiger partial charge in [0.1, 0.15) is 0 Å². The van der Waals surface area contributed by atoms with Crippen molar-refractivity contribution in [3.63, 3.8) is 0 Å². The Kier molecular flexibility index (Phi) is 5.30. The Bertz CT molecular complexity index is 264. The van der Waals surface area contributed by atoms with Crippen LogP contribution in [0.15, 0.2) is 0 Å². The minimum atomic E-state index is 0.593. The van der Waals surface area contributed by atoms with Gasteiger partial charge >= 0.3 is 0 Å². The van der Waals surface area contributed by atoms with E-state index in [2.05, 4.69) is 38.2 Å². The third-order valence-electron chi connectivity index (χ3n) is 5.73. The largest absolute Gasteiger partial charge is 0.317 e. The van der Waals surface area contributed by atoms with Crippen molar-refractivity contribution in [3.8, 4) is 0 Å². The fraction of sp³-hybridized carbons (Fsp3) is 1.00. The van der Waals surface area contributed by atoms with Crippen LogP contribution in [0.2, 0.25) is 0 Å². The Hall–Kier alpha value is -0.0800. The molecule has 0 heterocycles. The van der Waals surface area contributed by atoms with Crippen LogP contribution in [0.3, 0.4) is 0 Å². The van der Waals surface area contributed by atoms with Gasteiger partial charge in [-0.2, -0.15) is 0 Å². The first-order valence-electron chi connectivity index (χ1n) is 8.39. The molecule has 2 atom stereocenters. The van der Waals surface area contributed by atoms with Gasteiger partial charge in [0.2, 0.25) is 0 Å². The molecule has 0 aromatic carbocycles. The van der Waals surface area contributed by atoms with Gasteiger partial charge in [0.25, 0.3) is 0 Å². The summed E-state index contributed by atoms with van der Waals surface area (Å²) in [5, 5.41) is 3.55. The van der Waals surface area contributed by atoms with Gasteiger partial charge in [-0.1, -0.05) is 26.7 Å². The zero-order valence-electron chi connectivity index (χ0n) is 13.5. The molecule has 1 N–H and O–H groups in total. The Morgan fingerprint density at radius 3 is 2.32 bits per heavy atom. The highest BCUT2D eigenvalue weighted by Crippen LogP contribution is 2.37.